The van der Waals surface area contributed by atoms with Gasteiger partial charge in [0.25, 0.3) is 0 Å². The summed E-state index contributed by atoms with van der Waals surface area (Å²) < 4.78 is 16.1. The predicted octanol–water partition coefficient (Wildman–Crippen LogP) is 5.31. The van der Waals surface area contributed by atoms with E-state index in [1.54, 1.807) is 62.4 Å². The summed E-state index contributed by atoms with van der Waals surface area (Å²) in [6, 6.07) is 13.2. The third-order valence-electron chi connectivity index (χ3n) is 3.69. The summed E-state index contributed by atoms with van der Waals surface area (Å²) in [6.45, 7) is 2.95. The first-order valence-electron chi connectivity index (χ1n) is 8.32. The number of hydrogen-bond donors (Lipinski definition) is 0. The fourth-order valence-electron chi connectivity index (χ4n) is 2.04. The van der Waals surface area contributed by atoms with Crippen LogP contribution in [0.3, 0.4) is 0 Å². The van der Waals surface area contributed by atoms with Crippen molar-refractivity contribution in [3.8, 4) is 11.5 Å². The molecule has 0 aliphatic rings. The van der Waals surface area contributed by atoms with Gasteiger partial charge >= 0.3 is 5.97 Å². The third kappa shape index (κ3) is 7.00. The molecule has 0 aliphatic heterocycles. The van der Waals surface area contributed by atoms with Crippen molar-refractivity contribution in [2.45, 2.75) is 18.9 Å². The van der Waals surface area contributed by atoms with Crippen LogP contribution in [-0.4, -0.2) is 30.0 Å². The molecule has 0 spiro atoms. The third-order valence-corrected chi connectivity index (χ3v) is 4.80. The van der Waals surface area contributed by atoms with Crippen LogP contribution in [0.2, 0.25) is 10.0 Å². The molecule has 2 aromatic rings. The quantitative estimate of drug-likeness (QED) is 0.352. The molecule has 2 rings (SSSR count). The lowest BCUT2D eigenvalue weighted by atomic mass is 9.89. The fraction of sp³-hybridized carbons (Fsp3) is 0.300. The Kier molecular flexibility index (Phi) is 8.16. The standard InChI is InChI=1S/C20H19BrCl2O5/c1-20(2,18(25)19(21)28-16-9-5-14(23)6-10-16)12-27-17(24)11-26-15-7-3-13(22)4-8-15/h3-10,19H,11-12H2,1-2H3. The molecule has 2 aromatic carbocycles. The molecule has 0 radical (unpaired) electrons. The average Bonchev–Trinajstić information content (AvgIpc) is 2.67. The van der Waals surface area contributed by atoms with Gasteiger partial charge in [-0.3, -0.25) is 4.79 Å². The van der Waals surface area contributed by atoms with E-state index in [4.69, 9.17) is 37.4 Å². The number of benzene rings is 2. The number of rotatable bonds is 9. The minimum absolute atomic E-state index is 0.110. The van der Waals surface area contributed by atoms with E-state index in [-0.39, 0.29) is 19.0 Å². The normalized spacial score (nSPS) is 12.2. The largest absolute Gasteiger partial charge is 0.482 e. The molecule has 0 heterocycles. The zero-order chi connectivity index (χ0) is 20.7. The number of carbonyl (C=O) groups excluding carboxylic acids is 2. The van der Waals surface area contributed by atoms with Gasteiger partial charge in [0.05, 0.1) is 5.41 Å². The van der Waals surface area contributed by atoms with Crippen molar-refractivity contribution in [2.75, 3.05) is 13.2 Å². The van der Waals surface area contributed by atoms with Gasteiger partial charge in [-0.2, -0.15) is 0 Å². The first kappa shape index (κ1) is 22.5. The lowest BCUT2D eigenvalue weighted by Gasteiger charge is -2.25. The van der Waals surface area contributed by atoms with Gasteiger partial charge in [0.15, 0.2) is 12.4 Å². The Morgan fingerprint density at radius 1 is 0.964 bits per heavy atom. The highest BCUT2D eigenvalue weighted by Crippen LogP contribution is 2.26. The monoisotopic (exact) mass is 488 g/mol. The molecule has 8 heteroatoms. The van der Waals surface area contributed by atoms with Crippen molar-refractivity contribution in [2.24, 2.45) is 5.41 Å². The Balaban J connectivity index is 1.81. The lowest BCUT2D eigenvalue weighted by Crippen LogP contribution is -2.39. The highest BCUT2D eigenvalue weighted by Gasteiger charge is 2.35. The Morgan fingerprint density at radius 2 is 1.46 bits per heavy atom. The van der Waals surface area contributed by atoms with Crippen molar-refractivity contribution in [1.82, 2.24) is 0 Å². The van der Waals surface area contributed by atoms with Gasteiger partial charge < -0.3 is 14.2 Å². The minimum Gasteiger partial charge on any atom is -0.482 e. The van der Waals surface area contributed by atoms with Crippen molar-refractivity contribution in [1.29, 1.82) is 0 Å². The summed E-state index contributed by atoms with van der Waals surface area (Å²) in [7, 11) is 0. The van der Waals surface area contributed by atoms with Crippen molar-refractivity contribution in [3.63, 3.8) is 0 Å². The fourth-order valence-corrected chi connectivity index (χ4v) is 3.13. The summed E-state index contributed by atoms with van der Waals surface area (Å²) in [5.41, 5.74) is -0.962. The number of alkyl halides is 1. The number of hydrogen-bond acceptors (Lipinski definition) is 5. The van der Waals surface area contributed by atoms with Crippen LogP contribution in [0, 0.1) is 5.41 Å². The molecule has 0 saturated heterocycles. The van der Waals surface area contributed by atoms with Gasteiger partial charge in [-0.05, 0) is 78.3 Å². The van der Waals surface area contributed by atoms with Gasteiger partial charge in [0.1, 0.15) is 18.1 Å². The summed E-state index contributed by atoms with van der Waals surface area (Å²) in [5.74, 6) is 0.131. The lowest BCUT2D eigenvalue weighted by molar-refractivity contribution is -0.151. The smallest absolute Gasteiger partial charge is 0.344 e. The van der Waals surface area contributed by atoms with Crippen LogP contribution in [0.25, 0.3) is 0 Å². The average molecular weight is 490 g/mol. The molecule has 5 nitrogen and oxygen atoms in total. The van der Waals surface area contributed by atoms with Crippen LogP contribution < -0.4 is 9.47 Å². The maximum Gasteiger partial charge on any atom is 0.344 e. The molecule has 0 aromatic heterocycles. The van der Waals surface area contributed by atoms with Crippen LogP contribution in [0.15, 0.2) is 48.5 Å². The first-order valence-corrected chi connectivity index (χ1v) is 9.99. The van der Waals surface area contributed by atoms with Gasteiger partial charge in [-0.25, -0.2) is 4.79 Å². The summed E-state index contributed by atoms with van der Waals surface area (Å²) in [4.78, 5) is 24.5. The van der Waals surface area contributed by atoms with Gasteiger partial charge in [0.2, 0.25) is 5.01 Å². The van der Waals surface area contributed by atoms with Crippen LogP contribution >= 0.6 is 39.1 Å². The molecule has 0 amide bonds. The van der Waals surface area contributed by atoms with E-state index in [2.05, 4.69) is 15.9 Å². The van der Waals surface area contributed by atoms with Crippen LogP contribution in [0.1, 0.15) is 13.8 Å². The van der Waals surface area contributed by atoms with Crippen LogP contribution in [0.4, 0.5) is 0 Å². The van der Waals surface area contributed by atoms with Gasteiger partial charge in [-0.1, -0.05) is 23.2 Å². The molecule has 150 valence electrons. The molecule has 1 unspecified atom stereocenters. The van der Waals surface area contributed by atoms with Crippen LogP contribution in [0.5, 0.6) is 11.5 Å². The van der Waals surface area contributed by atoms with E-state index in [1.165, 1.54) is 0 Å². The molecular weight excluding hydrogens is 471 g/mol. The first-order chi connectivity index (χ1) is 13.2. The second kappa shape index (κ2) is 10.1. The Bertz CT molecular complexity index is 806. The van der Waals surface area contributed by atoms with Gasteiger partial charge in [0, 0.05) is 10.0 Å². The Hall–Kier alpha value is -1.76. The second-order valence-electron chi connectivity index (χ2n) is 6.54. The van der Waals surface area contributed by atoms with Gasteiger partial charge in [-0.15, -0.1) is 0 Å². The topological polar surface area (TPSA) is 61.8 Å². The van der Waals surface area contributed by atoms with E-state index in [0.717, 1.165) is 0 Å². The summed E-state index contributed by atoms with van der Waals surface area (Å²) in [5, 5.41) is 0.242. The van der Waals surface area contributed by atoms with Crippen molar-refractivity contribution >= 4 is 50.9 Å². The zero-order valence-electron chi connectivity index (χ0n) is 15.3. The molecule has 0 bridgehead atoms. The zero-order valence-corrected chi connectivity index (χ0v) is 18.4. The SMILES string of the molecule is CC(C)(COC(=O)COc1ccc(Cl)cc1)C(=O)C(Br)Oc1ccc(Cl)cc1. The molecule has 0 N–H and O–H groups in total. The number of ketones is 1. The Morgan fingerprint density at radius 3 is 2.00 bits per heavy atom. The van der Waals surface area contributed by atoms with E-state index in [9.17, 15) is 9.59 Å². The van der Waals surface area contributed by atoms with Crippen molar-refractivity contribution < 1.29 is 23.8 Å². The second-order valence-corrected chi connectivity index (χ2v) is 8.24. The van der Waals surface area contributed by atoms with Crippen LogP contribution in [-0.2, 0) is 14.3 Å². The maximum atomic E-state index is 12.6. The van der Waals surface area contributed by atoms with Crippen molar-refractivity contribution in [3.05, 3.63) is 58.6 Å². The molecule has 0 fully saturated rings. The van der Waals surface area contributed by atoms with E-state index in [0.29, 0.717) is 21.5 Å². The number of esters is 1. The van der Waals surface area contributed by atoms with E-state index in [1.807, 2.05) is 0 Å². The summed E-state index contributed by atoms with van der Waals surface area (Å²) in [6.07, 6.45) is 0. The molecule has 0 saturated carbocycles. The minimum atomic E-state index is -0.962. The number of ether oxygens (including phenoxy) is 3. The number of halogens is 3. The molecular formula is C20H19BrCl2O5. The highest BCUT2D eigenvalue weighted by molar-refractivity contribution is 9.09. The molecule has 1 atom stereocenters. The van der Waals surface area contributed by atoms with E-state index < -0.39 is 16.4 Å². The molecule has 0 aliphatic carbocycles. The molecule has 28 heavy (non-hydrogen) atoms. The Labute approximate surface area is 182 Å². The maximum absolute atomic E-state index is 12.6. The number of carbonyl (C=O) groups is 2. The summed E-state index contributed by atoms with van der Waals surface area (Å²) >= 11 is 14.8. The predicted molar refractivity (Wildman–Crippen MR) is 111 cm³/mol. The highest BCUT2D eigenvalue weighted by atomic mass is 79.9. The number of Topliss-reactive ketones (excluding diaryl/α,β-unsaturated/α-hetero) is 1. The van der Waals surface area contributed by atoms with E-state index >= 15 is 0 Å².